The van der Waals surface area contributed by atoms with Crippen molar-refractivity contribution in [2.75, 3.05) is 13.7 Å². The molecule has 0 aromatic heterocycles. The van der Waals surface area contributed by atoms with E-state index in [1.807, 2.05) is 0 Å². The first-order valence-corrected chi connectivity index (χ1v) is 8.25. The lowest BCUT2D eigenvalue weighted by Gasteiger charge is -2.16. The number of nitrogens with one attached hydrogen (secondary N) is 1. The van der Waals surface area contributed by atoms with Crippen molar-refractivity contribution in [3.8, 4) is 0 Å². The minimum Gasteiger partial charge on any atom is -0.383 e. The Morgan fingerprint density at radius 3 is 2.52 bits per heavy atom. The van der Waals surface area contributed by atoms with Gasteiger partial charge in [-0.25, -0.2) is 17.2 Å². The Morgan fingerprint density at radius 2 is 2.05 bits per heavy atom. The number of carbonyl (C=O) groups is 1. The summed E-state index contributed by atoms with van der Waals surface area (Å²) in [5, 5.41) is 2.36. The Kier molecular flexibility index (Phi) is 6.06. The highest BCUT2D eigenvalue weighted by atomic mass is 35.7. The summed E-state index contributed by atoms with van der Waals surface area (Å²) in [6, 6.07) is 0.874. The van der Waals surface area contributed by atoms with E-state index >= 15 is 0 Å². The van der Waals surface area contributed by atoms with Crippen LogP contribution in [0.2, 0.25) is 0 Å². The van der Waals surface area contributed by atoms with Gasteiger partial charge in [0, 0.05) is 17.8 Å². The fourth-order valence-corrected chi connectivity index (χ4v) is 2.55. The third-order valence-electron chi connectivity index (χ3n) is 2.74. The van der Waals surface area contributed by atoms with Gasteiger partial charge in [-0.2, -0.15) is 0 Å². The van der Waals surface area contributed by atoms with Crippen molar-refractivity contribution in [2.24, 2.45) is 0 Å². The molecule has 0 aliphatic rings. The molecule has 1 amide bonds. The van der Waals surface area contributed by atoms with Crippen molar-refractivity contribution in [1.82, 2.24) is 5.32 Å². The molecule has 1 N–H and O–H groups in total. The van der Waals surface area contributed by atoms with Crippen molar-refractivity contribution >= 4 is 25.6 Å². The van der Waals surface area contributed by atoms with Crippen LogP contribution < -0.4 is 5.32 Å². The highest BCUT2D eigenvalue weighted by molar-refractivity contribution is 8.13. The zero-order valence-corrected chi connectivity index (χ0v) is 12.9. The maximum Gasteiger partial charge on any atom is 0.264 e. The Balaban J connectivity index is 3.21. The summed E-state index contributed by atoms with van der Waals surface area (Å²) in [4.78, 5) is 11.0. The molecule has 1 aromatic rings. The van der Waals surface area contributed by atoms with E-state index in [4.69, 9.17) is 15.4 Å². The summed E-state index contributed by atoms with van der Waals surface area (Å²) in [7, 11) is 2.02. The predicted octanol–water partition coefficient (Wildman–Crippen LogP) is 2.05. The van der Waals surface area contributed by atoms with Gasteiger partial charge in [-0.15, -0.1) is 0 Å². The van der Waals surface area contributed by atoms with E-state index in [2.05, 4.69) is 5.32 Å². The van der Waals surface area contributed by atoms with Crippen LogP contribution in [0.5, 0.6) is 0 Å². The molecule has 0 bridgehead atoms. The average Bonchev–Trinajstić information content (AvgIpc) is 2.36. The van der Waals surface area contributed by atoms with Crippen LogP contribution in [-0.4, -0.2) is 34.1 Å². The minimum atomic E-state index is -4.42. The zero-order valence-electron chi connectivity index (χ0n) is 11.3. The summed E-state index contributed by atoms with van der Waals surface area (Å²) in [6.45, 7) is 1.90. The second kappa shape index (κ2) is 7.15. The van der Waals surface area contributed by atoms with Crippen LogP contribution in [0.15, 0.2) is 17.0 Å². The monoisotopic (exact) mass is 341 g/mol. The molecule has 0 aliphatic carbocycles. The van der Waals surface area contributed by atoms with E-state index in [1.165, 1.54) is 7.11 Å². The van der Waals surface area contributed by atoms with Gasteiger partial charge in [0.05, 0.1) is 12.6 Å². The number of ether oxygens (including phenoxy) is 1. The number of hydrogen-bond donors (Lipinski definition) is 1. The molecular weight excluding hydrogens is 328 g/mol. The zero-order chi connectivity index (χ0) is 16.2. The minimum absolute atomic E-state index is 0.152. The second-order valence-electron chi connectivity index (χ2n) is 4.21. The van der Waals surface area contributed by atoms with Crippen molar-refractivity contribution < 1.29 is 26.7 Å². The average molecular weight is 342 g/mol. The van der Waals surface area contributed by atoms with Crippen LogP contribution >= 0.6 is 10.7 Å². The molecule has 0 saturated carbocycles. The Labute approximate surface area is 125 Å². The van der Waals surface area contributed by atoms with Gasteiger partial charge in [0.15, 0.2) is 5.82 Å². The molecule has 0 heterocycles. The predicted molar refractivity (Wildman–Crippen MR) is 72.8 cm³/mol. The quantitative estimate of drug-likeness (QED) is 0.804. The Morgan fingerprint density at radius 1 is 1.43 bits per heavy atom. The van der Waals surface area contributed by atoms with E-state index in [1.54, 1.807) is 6.92 Å². The number of benzene rings is 1. The molecule has 0 aliphatic heterocycles. The first-order chi connectivity index (χ1) is 9.72. The van der Waals surface area contributed by atoms with Crippen molar-refractivity contribution in [2.45, 2.75) is 24.3 Å². The van der Waals surface area contributed by atoms with Crippen molar-refractivity contribution in [3.05, 3.63) is 29.3 Å². The van der Waals surface area contributed by atoms with E-state index in [0.717, 1.165) is 0 Å². The molecule has 9 heteroatoms. The van der Waals surface area contributed by atoms with Crippen LogP contribution in [0.1, 0.15) is 23.7 Å². The molecule has 21 heavy (non-hydrogen) atoms. The van der Waals surface area contributed by atoms with Gasteiger partial charge in [0.1, 0.15) is 16.3 Å². The van der Waals surface area contributed by atoms with Gasteiger partial charge in [-0.05, 0) is 18.6 Å². The summed E-state index contributed by atoms with van der Waals surface area (Å²) < 4.78 is 54.9. The second-order valence-corrected chi connectivity index (χ2v) is 6.74. The van der Waals surface area contributed by atoms with E-state index in [9.17, 15) is 22.0 Å². The third kappa shape index (κ3) is 4.36. The molecule has 0 radical (unpaired) electrons. The molecule has 118 valence electrons. The standard InChI is InChI=1S/C12H14ClF2NO4S/c1-3-7(6-20-2)16-12(17)10-8(14)4-5-9(11(10)15)21(13,18)19/h4-5,7H,3,6H2,1-2H3,(H,16,17). The molecule has 5 nitrogen and oxygen atoms in total. The molecule has 1 aromatic carbocycles. The number of halogens is 3. The number of methoxy groups -OCH3 is 1. The van der Waals surface area contributed by atoms with Crippen LogP contribution in [0.25, 0.3) is 0 Å². The highest BCUT2D eigenvalue weighted by Crippen LogP contribution is 2.24. The summed E-state index contributed by atoms with van der Waals surface area (Å²) in [6.07, 6.45) is 0.469. The van der Waals surface area contributed by atoms with Gasteiger partial charge in [-0.3, -0.25) is 4.79 Å². The van der Waals surface area contributed by atoms with E-state index < -0.39 is 43.1 Å². The number of rotatable bonds is 6. The van der Waals surface area contributed by atoms with Crippen LogP contribution in [0.3, 0.4) is 0 Å². The van der Waals surface area contributed by atoms with Gasteiger partial charge in [-0.1, -0.05) is 6.92 Å². The SMILES string of the molecule is CCC(COC)NC(=O)c1c(F)ccc(S(=O)(=O)Cl)c1F. The number of amides is 1. The van der Waals surface area contributed by atoms with Gasteiger partial charge in [0.25, 0.3) is 15.0 Å². The molecular formula is C12H14ClF2NO4S. The topological polar surface area (TPSA) is 72.5 Å². The number of carbonyl (C=O) groups excluding carboxylic acids is 1. The van der Waals surface area contributed by atoms with E-state index in [-0.39, 0.29) is 6.61 Å². The molecule has 1 unspecified atom stereocenters. The first kappa shape index (κ1) is 17.8. The summed E-state index contributed by atoms with van der Waals surface area (Å²) in [5.41, 5.74) is -0.994. The highest BCUT2D eigenvalue weighted by Gasteiger charge is 2.26. The molecule has 0 spiro atoms. The lowest BCUT2D eigenvalue weighted by atomic mass is 10.1. The van der Waals surface area contributed by atoms with E-state index in [0.29, 0.717) is 18.6 Å². The third-order valence-corrected chi connectivity index (χ3v) is 4.08. The fourth-order valence-electron chi connectivity index (χ4n) is 1.65. The largest absolute Gasteiger partial charge is 0.383 e. The van der Waals surface area contributed by atoms with Crippen LogP contribution in [0, 0.1) is 11.6 Å². The first-order valence-electron chi connectivity index (χ1n) is 5.94. The fraction of sp³-hybridized carbons (Fsp3) is 0.417. The molecule has 0 fully saturated rings. The maximum atomic E-state index is 14.0. The summed E-state index contributed by atoms with van der Waals surface area (Å²) >= 11 is 0. The smallest absolute Gasteiger partial charge is 0.264 e. The lowest BCUT2D eigenvalue weighted by molar-refractivity contribution is 0.0885. The van der Waals surface area contributed by atoms with Gasteiger partial charge >= 0.3 is 0 Å². The normalized spacial score (nSPS) is 13.0. The number of hydrogen-bond acceptors (Lipinski definition) is 4. The molecule has 0 saturated heterocycles. The van der Waals surface area contributed by atoms with Gasteiger partial charge in [0.2, 0.25) is 0 Å². The van der Waals surface area contributed by atoms with Crippen LogP contribution in [-0.2, 0) is 13.8 Å². The Bertz CT molecular complexity index is 636. The van der Waals surface area contributed by atoms with Gasteiger partial charge < -0.3 is 10.1 Å². The summed E-state index contributed by atoms with van der Waals surface area (Å²) in [5.74, 6) is -3.77. The molecule has 1 rings (SSSR count). The van der Waals surface area contributed by atoms with Crippen molar-refractivity contribution in [1.29, 1.82) is 0 Å². The lowest BCUT2D eigenvalue weighted by Crippen LogP contribution is -2.38. The maximum absolute atomic E-state index is 14.0. The molecule has 1 atom stereocenters. The Hall–Kier alpha value is -1.25. The van der Waals surface area contributed by atoms with Crippen molar-refractivity contribution in [3.63, 3.8) is 0 Å². The van der Waals surface area contributed by atoms with Crippen LogP contribution in [0.4, 0.5) is 8.78 Å².